The van der Waals surface area contributed by atoms with Gasteiger partial charge in [-0.1, -0.05) is 19.1 Å². The fraction of sp³-hybridized carbons (Fsp3) is 0.263. The molecule has 1 aromatic heterocycles. The first-order chi connectivity index (χ1) is 12.4. The van der Waals surface area contributed by atoms with Crippen molar-refractivity contribution in [1.29, 1.82) is 0 Å². The van der Waals surface area contributed by atoms with Gasteiger partial charge in [0.05, 0.1) is 16.0 Å². The molecule has 3 rings (SSSR count). The van der Waals surface area contributed by atoms with Crippen molar-refractivity contribution in [2.45, 2.75) is 26.7 Å². The molecular weight excluding hydrogens is 332 g/mol. The number of nitrogens with zero attached hydrogens (tertiary/aromatic N) is 3. The Balaban J connectivity index is 2.13. The number of aryl methyl sites for hydroxylation is 2. The van der Waals surface area contributed by atoms with E-state index in [1.54, 1.807) is 6.92 Å². The van der Waals surface area contributed by atoms with Crippen LogP contribution in [-0.4, -0.2) is 20.4 Å². The zero-order valence-electron chi connectivity index (χ0n) is 14.9. The molecule has 0 aliphatic heterocycles. The SMILES string of the molecule is CCCC(=O)Nc1c(C)cc(-c2nc3ccccc3n2C)cc1[N+](=O)[O-]. The maximum Gasteiger partial charge on any atom is 0.293 e. The summed E-state index contributed by atoms with van der Waals surface area (Å²) in [5, 5.41) is 14.3. The molecule has 26 heavy (non-hydrogen) atoms. The van der Waals surface area contributed by atoms with Crippen LogP contribution in [0.4, 0.5) is 11.4 Å². The van der Waals surface area contributed by atoms with Crippen LogP contribution in [0.25, 0.3) is 22.4 Å². The molecule has 0 saturated carbocycles. The van der Waals surface area contributed by atoms with Crippen LogP contribution < -0.4 is 5.32 Å². The van der Waals surface area contributed by atoms with Crippen molar-refractivity contribution >= 4 is 28.3 Å². The van der Waals surface area contributed by atoms with E-state index in [1.807, 2.05) is 48.9 Å². The maximum absolute atomic E-state index is 11.9. The number of hydrogen-bond donors (Lipinski definition) is 1. The van der Waals surface area contributed by atoms with E-state index in [4.69, 9.17) is 0 Å². The fourth-order valence-corrected chi connectivity index (χ4v) is 3.04. The zero-order chi connectivity index (χ0) is 18.8. The first kappa shape index (κ1) is 17.6. The van der Waals surface area contributed by atoms with Crippen molar-refractivity contribution in [2.75, 3.05) is 5.32 Å². The molecule has 1 heterocycles. The lowest BCUT2D eigenvalue weighted by Crippen LogP contribution is -2.13. The molecule has 1 amide bonds. The van der Waals surface area contributed by atoms with Crippen molar-refractivity contribution in [3.63, 3.8) is 0 Å². The van der Waals surface area contributed by atoms with Gasteiger partial charge in [0.1, 0.15) is 11.5 Å². The number of nitro groups is 1. The third-order valence-electron chi connectivity index (χ3n) is 4.30. The van der Waals surface area contributed by atoms with Gasteiger partial charge in [-0.25, -0.2) is 4.98 Å². The van der Waals surface area contributed by atoms with E-state index in [0.717, 1.165) is 11.0 Å². The topological polar surface area (TPSA) is 90.1 Å². The number of fused-ring (bicyclic) bond motifs is 1. The van der Waals surface area contributed by atoms with E-state index in [-0.39, 0.29) is 17.3 Å². The van der Waals surface area contributed by atoms with Crippen molar-refractivity contribution < 1.29 is 9.72 Å². The number of nitrogens with one attached hydrogen (secondary N) is 1. The van der Waals surface area contributed by atoms with Crippen molar-refractivity contribution in [2.24, 2.45) is 7.05 Å². The van der Waals surface area contributed by atoms with Gasteiger partial charge in [-0.15, -0.1) is 0 Å². The quantitative estimate of drug-likeness (QED) is 0.550. The third-order valence-corrected chi connectivity index (χ3v) is 4.30. The summed E-state index contributed by atoms with van der Waals surface area (Å²) >= 11 is 0. The summed E-state index contributed by atoms with van der Waals surface area (Å²) < 4.78 is 1.91. The second-order valence-electron chi connectivity index (χ2n) is 6.23. The van der Waals surface area contributed by atoms with Gasteiger partial charge in [0.25, 0.3) is 5.69 Å². The second-order valence-corrected chi connectivity index (χ2v) is 6.23. The Morgan fingerprint density at radius 2 is 2.04 bits per heavy atom. The molecule has 0 radical (unpaired) electrons. The molecule has 0 aliphatic rings. The highest BCUT2D eigenvalue weighted by atomic mass is 16.6. The molecule has 7 heteroatoms. The molecule has 2 aromatic carbocycles. The Bertz CT molecular complexity index is 1010. The predicted molar refractivity (Wildman–Crippen MR) is 101 cm³/mol. The number of carbonyl (C=O) groups excluding carboxylic acids is 1. The number of imidazole rings is 1. The van der Waals surface area contributed by atoms with Gasteiger partial charge in [0.2, 0.25) is 5.91 Å². The molecule has 0 aliphatic carbocycles. The molecule has 0 fully saturated rings. The second kappa shape index (κ2) is 6.95. The first-order valence-corrected chi connectivity index (χ1v) is 8.43. The number of aromatic nitrogens is 2. The van der Waals surface area contributed by atoms with Gasteiger partial charge in [0, 0.05) is 25.1 Å². The average molecular weight is 352 g/mol. The molecule has 0 atom stereocenters. The average Bonchev–Trinajstić information content (AvgIpc) is 2.94. The van der Waals surface area contributed by atoms with E-state index in [1.165, 1.54) is 6.07 Å². The van der Waals surface area contributed by atoms with Crippen LogP contribution in [0, 0.1) is 17.0 Å². The molecule has 0 spiro atoms. The summed E-state index contributed by atoms with van der Waals surface area (Å²) in [7, 11) is 1.88. The number of nitro benzene ring substituents is 1. The van der Waals surface area contributed by atoms with E-state index < -0.39 is 4.92 Å². The molecule has 7 nitrogen and oxygen atoms in total. The Hall–Kier alpha value is -3.22. The van der Waals surface area contributed by atoms with Gasteiger partial charge in [0.15, 0.2) is 0 Å². The van der Waals surface area contributed by atoms with Crippen LogP contribution >= 0.6 is 0 Å². The molecule has 134 valence electrons. The smallest absolute Gasteiger partial charge is 0.293 e. The fourth-order valence-electron chi connectivity index (χ4n) is 3.04. The van der Waals surface area contributed by atoms with Gasteiger partial charge >= 0.3 is 0 Å². The summed E-state index contributed by atoms with van der Waals surface area (Å²) in [5.41, 5.74) is 3.16. The number of hydrogen-bond acceptors (Lipinski definition) is 4. The standard InChI is InChI=1S/C19H20N4O3/c1-4-7-17(24)21-18-12(2)10-13(11-16(18)23(25)26)19-20-14-8-5-6-9-15(14)22(19)3/h5-6,8-11H,4,7H2,1-3H3,(H,21,24). The Labute approximate surface area is 150 Å². The zero-order valence-corrected chi connectivity index (χ0v) is 14.9. The van der Waals surface area contributed by atoms with E-state index >= 15 is 0 Å². The van der Waals surface area contributed by atoms with Gasteiger partial charge in [-0.3, -0.25) is 14.9 Å². The molecule has 1 N–H and O–H groups in total. The van der Waals surface area contributed by atoms with Crippen LogP contribution in [0.3, 0.4) is 0 Å². The number of amides is 1. The minimum absolute atomic E-state index is 0.128. The summed E-state index contributed by atoms with van der Waals surface area (Å²) in [6, 6.07) is 11.0. The summed E-state index contributed by atoms with van der Waals surface area (Å²) in [5.74, 6) is 0.415. The molecule has 0 bridgehead atoms. The lowest BCUT2D eigenvalue weighted by atomic mass is 10.1. The van der Waals surface area contributed by atoms with Crippen molar-refractivity contribution in [1.82, 2.24) is 9.55 Å². The van der Waals surface area contributed by atoms with Gasteiger partial charge in [-0.05, 0) is 37.1 Å². The Morgan fingerprint density at radius 1 is 1.31 bits per heavy atom. The lowest BCUT2D eigenvalue weighted by molar-refractivity contribution is -0.383. The maximum atomic E-state index is 11.9. The first-order valence-electron chi connectivity index (χ1n) is 8.43. The van der Waals surface area contributed by atoms with Crippen LogP contribution in [0.15, 0.2) is 36.4 Å². The molecule has 3 aromatic rings. The normalized spacial score (nSPS) is 10.9. The molecular formula is C19H20N4O3. The number of carbonyl (C=O) groups is 1. The number of para-hydroxylation sites is 2. The van der Waals surface area contributed by atoms with Crippen LogP contribution in [0.5, 0.6) is 0 Å². The monoisotopic (exact) mass is 352 g/mol. The highest BCUT2D eigenvalue weighted by molar-refractivity contribution is 5.95. The lowest BCUT2D eigenvalue weighted by Gasteiger charge is -2.11. The minimum atomic E-state index is -0.472. The van der Waals surface area contributed by atoms with Gasteiger partial charge < -0.3 is 9.88 Å². The van der Waals surface area contributed by atoms with Crippen molar-refractivity contribution in [3.8, 4) is 11.4 Å². The predicted octanol–water partition coefficient (Wildman–Crippen LogP) is 4.20. The van der Waals surface area contributed by atoms with E-state index in [9.17, 15) is 14.9 Å². The van der Waals surface area contributed by atoms with Crippen LogP contribution in [0.2, 0.25) is 0 Å². The van der Waals surface area contributed by atoms with Crippen LogP contribution in [-0.2, 0) is 11.8 Å². The molecule has 0 unspecified atom stereocenters. The minimum Gasteiger partial charge on any atom is -0.327 e. The summed E-state index contributed by atoms with van der Waals surface area (Å²) in [6.45, 7) is 3.64. The molecule has 0 saturated heterocycles. The van der Waals surface area contributed by atoms with Crippen molar-refractivity contribution in [3.05, 3.63) is 52.1 Å². The number of benzene rings is 2. The highest BCUT2D eigenvalue weighted by Crippen LogP contribution is 2.34. The summed E-state index contributed by atoms with van der Waals surface area (Å²) in [4.78, 5) is 27.6. The van der Waals surface area contributed by atoms with Gasteiger partial charge in [-0.2, -0.15) is 0 Å². The number of rotatable bonds is 5. The van der Waals surface area contributed by atoms with E-state index in [2.05, 4.69) is 10.3 Å². The number of anilines is 1. The highest BCUT2D eigenvalue weighted by Gasteiger charge is 2.22. The summed E-state index contributed by atoms with van der Waals surface area (Å²) in [6.07, 6.45) is 1.000. The Kier molecular flexibility index (Phi) is 4.71. The van der Waals surface area contributed by atoms with E-state index in [0.29, 0.717) is 29.8 Å². The largest absolute Gasteiger partial charge is 0.327 e. The Morgan fingerprint density at radius 3 is 2.69 bits per heavy atom. The third kappa shape index (κ3) is 3.15. The van der Waals surface area contributed by atoms with Crippen LogP contribution in [0.1, 0.15) is 25.3 Å².